The number of hydrogen-bond donors (Lipinski definition) is 1. The van der Waals surface area contributed by atoms with Crippen molar-refractivity contribution < 1.29 is 0 Å². The van der Waals surface area contributed by atoms with E-state index in [1.54, 1.807) is 0 Å². The Balaban J connectivity index is 4.03. The minimum atomic E-state index is 0.148. The minimum absolute atomic E-state index is 0.148. The topological polar surface area (TPSA) is 26.0 Å². The van der Waals surface area contributed by atoms with Crippen molar-refractivity contribution in [1.29, 1.82) is 0 Å². The highest BCUT2D eigenvalue weighted by molar-refractivity contribution is 5.03. The molecule has 8 heavy (non-hydrogen) atoms. The fourth-order valence-electron chi connectivity index (χ4n) is 0.433. The molecule has 0 aromatic carbocycles. The second-order valence-electron chi connectivity index (χ2n) is 2.99. The van der Waals surface area contributed by atoms with Crippen LogP contribution in [-0.2, 0) is 0 Å². The molecular formula is C7H15N. The van der Waals surface area contributed by atoms with Gasteiger partial charge in [0.15, 0.2) is 0 Å². The van der Waals surface area contributed by atoms with Gasteiger partial charge in [-0.05, 0) is 6.92 Å². The second-order valence-corrected chi connectivity index (χ2v) is 2.99. The minimum Gasteiger partial charge on any atom is -0.402 e. The fraction of sp³-hybridized carbons (Fsp3) is 0.714. The molecule has 0 atom stereocenters. The lowest BCUT2D eigenvalue weighted by Crippen LogP contribution is -2.16. The molecule has 0 amide bonds. The summed E-state index contributed by atoms with van der Waals surface area (Å²) in [4.78, 5) is 0. The molecule has 0 unspecified atom stereocenters. The van der Waals surface area contributed by atoms with Crippen molar-refractivity contribution in [1.82, 2.24) is 0 Å². The van der Waals surface area contributed by atoms with E-state index in [1.807, 2.05) is 13.0 Å². The Kier molecular flexibility index (Phi) is 2.08. The van der Waals surface area contributed by atoms with Gasteiger partial charge in [-0.2, -0.15) is 0 Å². The van der Waals surface area contributed by atoms with Crippen LogP contribution < -0.4 is 5.73 Å². The van der Waals surface area contributed by atoms with Gasteiger partial charge in [-0.3, -0.25) is 0 Å². The van der Waals surface area contributed by atoms with Crippen LogP contribution in [0.25, 0.3) is 0 Å². The first-order valence-electron chi connectivity index (χ1n) is 2.90. The molecule has 0 saturated carbocycles. The highest BCUT2D eigenvalue weighted by Gasteiger charge is 2.11. The standard InChI is InChI=1S/C7H15N/c1-5-6(8)7(2,3)4/h5H,8H2,1-4H3/b6-5-. The van der Waals surface area contributed by atoms with E-state index in [4.69, 9.17) is 5.73 Å². The van der Waals surface area contributed by atoms with E-state index >= 15 is 0 Å². The molecule has 0 fully saturated rings. The zero-order valence-electron chi connectivity index (χ0n) is 6.15. The van der Waals surface area contributed by atoms with Gasteiger partial charge in [0.05, 0.1) is 0 Å². The third-order valence-corrected chi connectivity index (χ3v) is 1.18. The largest absolute Gasteiger partial charge is 0.402 e. The predicted octanol–water partition coefficient (Wildman–Crippen LogP) is 1.90. The Morgan fingerprint density at radius 1 is 1.38 bits per heavy atom. The Labute approximate surface area is 51.6 Å². The lowest BCUT2D eigenvalue weighted by atomic mass is 9.92. The van der Waals surface area contributed by atoms with Crippen molar-refractivity contribution in [3.05, 3.63) is 11.8 Å². The summed E-state index contributed by atoms with van der Waals surface area (Å²) < 4.78 is 0. The maximum absolute atomic E-state index is 5.61. The third kappa shape index (κ3) is 2.01. The van der Waals surface area contributed by atoms with Crippen LogP contribution in [0.2, 0.25) is 0 Å². The zero-order chi connectivity index (χ0) is 6.78. The molecule has 0 aliphatic rings. The second kappa shape index (κ2) is 2.21. The van der Waals surface area contributed by atoms with Crippen molar-refractivity contribution in [2.24, 2.45) is 11.1 Å². The van der Waals surface area contributed by atoms with Gasteiger partial charge >= 0.3 is 0 Å². The van der Waals surface area contributed by atoms with Crippen LogP contribution in [0.1, 0.15) is 27.7 Å². The summed E-state index contributed by atoms with van der Waals surface area (Å²) in [5, 5.41) is 0. The average molecular weight is 113 g/mol. The highest BCUT2D eigenvalue weighted by atomic mass is 14.6. The van der Waals surface area contributed by atoms with E-state index in [-0.39, 0.29) is 5.41 Å². The quantitative estimate of drug-likeness (QED) is 0.510. The van der Waals surface area contributed by atoms with Gasteiger partial charge in [-0.15, -0.1) is 0 Å². The van der Waals surface area contributed by atoms with E-state index in [0.717, 1.165) is 5.70 Å². The van der Waals surface area contributed by atoms with Crippen molar-refractivity contribution in [3.8, 4) is 0 Å². The molecule has 0 saturated heterocycles. The summed E-state index contributed by atoms with van der Waals surface area (Å²) in [6.45, 7) is 8.26. The number of rotatable bonds is 0. The van der Waals surface area contributed by atoms with Crippen LogP contribution in [0.3, 0.4) is 0 Å². The third-order valence-electron chi connectivity index (χ3n) is 1.18. The van der Waals surface area contributed by atoms with E-state index in [2.05, 4.69) is 20.8 Å². The molecule has 1 heteroatoms. The number of allylic oxidation sites excluding steroid dienone is 2. The SMILES string of the molecule is C/C=C(\N)C(C)(C)C. The summed E-state index contributed by atoms with van der Waals surface area (Å²) >= 11 is 0. The average Bonchev–Trinajstić information content (AvgIpc) is 1.62. The lowest BCUT2D eigenvalue weighted by Gasteiger charge is -2.17. The molecule has 0 bridgehead atoms. The van der Waals surface area contributed by atoms with Gasteiger partial charge in [0, 0.05) is 11.1 Å². The van der Waals surface area contributed by atoms with E-state index in [1.165, 1.54) is 0 Å². The molecule has 48 valence electrons. The molecule has 0 aromatic rings. The van der Waals surface area contributed by atoms with Crippen LogP contribution in [-0.4, -0.2) is 0 Å². The lowest BCUT2D eigenvalue weighted by molar-refractivity contribution is 0.496. The Hall–Kier alpha value is -0.460. The molecule has 0 spiro atoms. The van der Waals surface area contributed by atoms with Gasteiger partial charge in [0.2, 0.25) is 0 Å². The Bertz CT molecular complexity index is 95.4. The highest BCUT2D eigenvalue weighted by Crippen LogP contribution is 2.19. The molecule has 1 nitrogen and oxygen atoms in total. The molecule has 0 heterocycles. The van der Waals surface area contributed by atoms with Crippen LogP contribution in [0.5, 0.6) is 0 Å². The van der Waals surface area contributed by atoms with Gasteiger partial charge < -0.3 is 5.73 Å². The molecule has 0 radical (unpaired) electrons. The van der Waals surface area contributed by atoms with Crippen LogP contribution in [0.15, 0.2) is 11.8 Å². The van der Waals surface area contributed by atoms with Crippen molar-refractivity contribution in [2.45, 2.75) is 27.7 Å². The normalized spacial score (nSPS) is 14.2. The predicted molar refractivity (Wildman–Crippen MR) is 37.4 cm³/mol. The number of nitrogens with two attached hydrogens (primary N) is 1. The summed E-state index contributed by atoms with van der Waals surface area (Å²) in [7, 11) is 0. The van der Waals surface area contributed by atoms with Crippen molar-refractivity contribution in [3.63, 3.8) is 0 Å². The monoisotopic (exact) mass is 113 g/mol. The van der Waals surface area contributed by atoms with Gasteiger partial charge in [-0.1, -0.05) is 26.8 Å². The summed E-state index contributed by atoms with van der Waals surface area (Å²) in [5.41, 5.74) is 6.71. The summed E-state index contributed by atoms with van der Waals surface area (Å²) in [6, 6.07) is 0. The fourth-order valence-corrected chi connectivity index (χ4v) is 0.433. The van der Waals surface area contributed by atoms with E-state index in [0.29, 0.717) is 0 Å². The van der Waals surface area contributed by atoms with Crippen LogP contribution >= 0.6 is 0 Å². The zero-order valence-corrected chi connectivity index (χ0v) is 6.15. The van der Waals surface area contributed by atoms with E-state index < -0.39 is 0 Å². The van der Waals surface area contributed by atoms with Crippen LogP contribution in [0, 0.1) is 5.41 Å². The maximum Gasteiger partial charge on any atom is 0.00917 e. The summed E-state index contributed by atoms with van der Waals surface area (Å²) in [5.74, 6) is 0. The maximum atomic E-state index is 5.61. The molecule has 2 N–H and O–H groups in total. The molecule has 0 rings (SSSR count). The molecule has 0 aliphatic heterocycles. The molecule has 0 aliphatic carbocycles. The first kappa shape index (κ1) is 7.54. The van der Waals surface area contributed by atoms with E-state index in [9.17, 15) is 0 Å². The van der Waals surface area contributed by atoms with Crippen LogP contribution in [0.4, 0.5) is 0 Å². The summed E-state index contributed by atoms with van der Waals surface area (Å²) in [6.07, 6.45) is 1.94. The number of hydrogen-bond acceptors (Lipinski definition) is 1. The van der Waals surface area contributed by atoms with Crippen molar-refractivity contribution >= 4 is 0 Å². The van der Waals surface area contributed by atoms with Crippen molar-refractivity contribution in [2.75, 3.05) is 0 Å². The van der Waals surface area contributed by atoms with Gasteiger partial charge in [-0.25, -0.2) is 0 Å². The van der Waals surface area contributed by atoms with Gasteiger partial charge in [0.25, 0.3) is 0 Å². The Morgan fingerprint density at radius 3 is 1.75 bits per heavy atom. The smallest absolute Gasteiger partial charge is 0.00917 e. The van der Waals surface area contributed by atoms with Gasteiger partial charge in [0.1, 0.15) is 0 Å². The first-order chi connectivity index (χ1) is 3.48. The Morgan fingerprint density at radius 2 is 1.75 bits per heavy atom. The first-order valence-corrected chi connectivity index (χ1v) is 2.90. The molecule has 0 aromatic heterocycles. The molecular weight excluding hydrogens is 98.1 g/mol.